The zero-order chi connectivity index (χ0) is 18.7. The number of halogens is 3. The number of non-ortho nitro benzene ring substituents is 1. The molecule has 0 aliphatic rings. The van der Waals surface area contributed by atoms with E-state index in [1.807, 2.05) is 0 Å². The number of rotatable bonds is 6. The largest absolute Gasteiger partial charge is 0.416 e. The summed E-state index contributed by atoms with van der Waals surface area (Å²) < 4.78 is 42.5. The van der Waals surface area contributed by atoms with Crippen molar-refractivity contribution < 1.29 is 22.7 Å². The Bertz CT molecular complexity index is 943. The molecule has 0 amide bonds. The van der Waals surface area contributed by atoms with Gasteiger partial charge in [-0.15, -0.1) is 0 Å². The molecule has 2 N–H and O–H groups in total. The Balaban J connectivity index is 1.63. The minimum atomic E-state index is -4.44. The molecule has 0 saturated carbocycles. The molecule has 0 radical (unpaired) electrons. The average Bonchev–Trinajstić information content (AvgIpc) is 3.07. The second-order valence-corrected chi connectivity index (χ2v) is 5.13. The summed E-state index contributed by atoms with van der Waals surface area (Å²) in [4.78, 5) is 14.1. The summed E-state index contributed by atoms with van der Waals surface area (Å²) in [5, 5.41) is 23.8. The van der Waals surface area contributed by atoms with Crippen molar-refractivity contribution in [2.24, 2.45) is 0 Å². The van der Waals surface area contributed by atoms with Crippen molar-refractivity contribution in [1.82, 2.24) is 15.3 Å². The number of nitro benzene ring substituents is 1. The van der Waals surface area contributed by atoms with E-state index in [2.05, 4.69) is 30.6 Å². The van der Waals surface area contributed by atoms with Crippen LogP contribution in [0.25, 0.3) is 11.0 Å². The number of hydrogen-bond acceptors (Lipinski definition) is 8. The van der Waals surface area contributed by atoms with Crippen molar-refractivity contribution in [2.45, 2.75) is 6.18 Å². The quantitative estimate of drug-likeness (QED) is 0.387. The first kappa shape index (κ1) is 17.4. The van der Waals surface area contributed by atoms with Gasteiger partial charge in [0.25, 0.3) is 0 Å². The monoisotopic (exact) mass is 368 g/mol. The Morgan fingerprint density at radius 3 is 2.58 bits per heavy atom. The number of pyridine rings is 1. The van der Waals surface area contributed by atoms with Crippen molar-refractivity contribution >= 4 is 28.2 Å². The van der Waals surface area contributed by atoms with E-state index in [1.54, 1.807) is 0 Å². The number of nitrogens with one attached hydrogen (secondary N) is 2. The molecule has 0 unspecified atom stereocenters. The second kappa shape index (κ2) is 6.82. The van der Waals surface area contributed by atoms with Gasteiger partial charge in [0.2, 0.25) is 5.52 Å². The topological polar surface area (TPSA) is 119 Å². The van der Waals surface area contributed by atoms with E-state index in [0.717, 1.165) is 18.3 Å². The van der Waals surface area contributed by atoms with Crippen LogP contribution >= 0.6 is 0 Å². The Kier molecular flexibility index (Phi) is 4.56. The van der Waals surface area contributed by atoms with E-state index in [4.69, 9.17) is 0 Å². The average molecular weight is 368 g/mol. The maximum absolute atomic E-state index is 12.6. The van der Waals surface area contributed by atoms with Gasteiger partial charge in [-0.1, -0.05) is 0 Å². The van der Waals surface area contributed by atoms with Crippen molar-refractivity contribution in [1.29, 1.82) is 0 Å². The van der Waals surface area contributed by atoms with Crippen molar-refractivity contribution in [2.75, 3.05) is 23.7 Å². The van der Waals surface area contributed by atoms with Gasteiger partial charge in [0.1, 0.15) is 5.82 Å². The van der Waals surface area contributed by atoms with Crippen LogP contribution in [-0.2, 0) is 6.18 Å². The number of hydrogen-bond donors (Lipinski definition) is 2. The van der Waals surface area contributed by atoms with Crippen molar-refractivity contribution in [3.8, 4) is 0 Å². The molecule has 0 bridgehead atoms. The first-order valence-electron chi connectivity index (χ1n) is 7.27. The van der Waals surface area contributed by atoms with Gasteiger partial charge < -0.3 is 10.6 Å². The van der Waals surface area contributed by atoms with Gasteiger partial charge in [-0.2, -0.15) is 13.2 Å². The predicted octanol–water partition coefficient (Wildman–Crippen LogP) is 3.07. The van der Waals surface area contributed by atoms with Crippen LogP contribution < -0.4 is 10.6 Å². The number of aromatic nitrogens is 3. The van der Waals surface area contributed by atoms with E-state index in [9.17, 15) is 23.3 Å². The lowest BCUT2D eigenvalue weighted by Gasteiger charge is -2.10. The molecule has 0 aliphatic carbocycles. The molecule has 136 valence electrons. The summed E-state index contributed by atoms with van der Waals surface area (Å²) in [5.74, 6) is 0.0820. The van der Waals surface area contributed by atoms with Crippen LogP contribution in [0, 0.1) is 10.1 Å². The first-order chi connectivity index (χ1) is 12.4. The number of anilines is 2. The fourth-order valence-electron chi connectivity index (χ4n) is 2.23. The fourth-order valence-corrected chi connectivity index (χ4v) is 2.23. The van der Waals surface area contributed by atoms with Crippen molar-refractivity contribution in [3.05, 3.63) is 46.1 Å². The van der Waals surface area contributed by atoms with Gasteiger partial charge in [-0.05, 0) is 28.5 Å². The van der Waals surface area contributed by atoms with Crippen LogP contribution in [0.15, 0.2) is 35.1 Å². The standard InChI is InChI=1S/C14H11F3N6O3/c15-14(16,17)8-3-4-19-11(7-8)20-6-5-18-9-1-2-10(23(24)25)13-12(9)21-26-22-13/h1-4,7,18H,5-6H2,(H,19,20). The Hall–Kier alpha value is -3.44. The van der Waals surface area contributed by atoms with Gasteiger partial charge in [-0.25, -0.2) is 9.61 Å². The molecule has 3 aromatic rings. The third-order valence-corrected chi connectivity index (χ3v) is 3.42. The smallest absolute Gasteiger partial charge is 0.381 e. The zero-order valence-corrected chi connectivity index (χ0v) is 12.9. The maximum Gasteiger partial charge on any atom is 0.416 e. The highest BCUT2D eigenvalue weighted by atomic mass is 19.4. The van der Waals surface area contributed by atoms with Gasteiger partial charge in [0, 0.05) is 25.4 Å². The summed E-state index contributed by atoms with van der Waals surface area (Å²) in [7, 11) is 0. The van der Waals surface area contributed by atoms with Crippen LogP contribution in [0.4, 0.5) is 30.4 Å². The minimum absolute atomic E-state index is 0.00695. The number of benzene rings is 1. The number of nitro groups is 1. The van der Waals surface area contributed by atoms with E-state index >= 15 is 0 Å². The number of fused-ring (bicyclic) bond motifs is 1. The number of nitrogens with zero attached hydrogens (tertiary/aromatic N) is 4. The summed E-state index contributed by atoms with van der Waals surface area (Å²) in [6.07, 6.45) is -3.37. The van der Waals surface area contributed by atoms with Gasteiger partial charge in [0.05, 0.1) is 16.2 Å². The molecule has 0 saturated heterocycles. The second-order valence-electron chi connectivity index (χ2n) is 5.13. The highest BCUT2D eigenvalue weighted by Gasteiger charge is 2.30. The van der Waals surface area contributed by atoms with Crippen molar-refractivity contribution in [3.63, 3.8) is 0 Å². The lowest BCUT2D eigenvalue weighted by Crippen LogP contribution is -2.15. The lowest BCUT2D eigenvalue weighted by atomic mass is 10.2. The van der Waals surface area contributed by atoms with Crippen LogP contribution in [0.2, 0.25) is 0 Å². The van der Waals surface area contributed by atoms with Crippen LogP contribution in [0.5, 0.6) is 0 Å². The molecule has 1 aromatic carbocycles. The van der Waals surface area contributed by atoms with Gasteiger partial charge in [-0.3, -0.25) is 10.1 Å². The van der Waals surface area contributed by atoms with E-state index in [-0.39, 0.29) is 35.6 Å². The molecule has 0 spiro atoms. The summed E-state index contributed by atoms with van der Waals surface area (Å²) in [5.41, 5.74) is -0.388. The lowest BCUT2D eigenvalue weighted by molar-refractivity contribution is -0.383. The normalized spacial score (nSPS) is 11.5. The molecule has 9 nitrogen and oxygen atoms in total. The molecule has 3 rings (SSSR count). The molecular weight excluding hydrogens is 357 g/mol. The molecule has 0 aliphatic heterocycles. The molecule has 0 atom stereocenters. The van der Waals surface area contributed by atoms with Gasteiger partial charge in [0.15, 0.2) is 5.52 Å². The van der Waals surface area contributed by atoms with E-state index < -0.39 is 16.7 Å². The third-order valence-electron chi connectivity index (χ3n) is 3.42. The first-order valence-corrected chi connectivity index (χ1v) is 7.27. The fraction of sp³-hybridized carbons (Fsp3) is 0.214. The molecule has 0 fully saturated rings. The maximum atomic E-state index is 12.6. The van der Waals surface area contributed by atoms with Crippen LogP contribution in [0.3, 0.4) is 0 Å². The van der Waals surface area contributed by atoms with Gasteiger partial charge >= 0.3 is 11.9 Å². The van der Waals surface area contributed by atoms with E-state index in [0.29, 0.717) is 5.69 Å². The van der Waals surface area contributed by atoms with E-state index in [1.165, 1.54) is 12.1 Å². The zero-order valence-electron chi connectivity index (χ0n) is 12.9. The highest BCUT2D eigenvalue weighted by molar-refractivity contribution is 5.93. The molecule has 2 aromatic heterocycles. The molecule has 26 heavy (non-hydrogen) atoms. The number of alkyl halides is 3. The van der Waals surface area contributed by atoms with Crippen LogP contribution in [-0.4, -0.2) is 33.3 Å². The SMILES string of the molecule is O=[N+]([O-])c1ccc(NCCNc2cc(C(F)(F)F)ccn2)c2nonc12. The van der Waals surface area contributed by atoms with Crippen LogP contribution in [0.1, 0.15) is 5.56 Å². The molecular formula is C14H11F3N6O3. The summed E-state index contributed by atoms with van der Waals surface area (Å²) >= 11 is 0. The Morgan fingerprint density at radius 1 is 1.12 bits per heavy atom. The minimum Gasteiger partial charge on any atom is -0.381 e. The molecule has 12 heteroatoms. The molecule has 2 heterocycles. The third kappa shape index (κ3) is 3.63. The Morgan fingerprint density at radius 2 is 1.85 bits per heavy atom. The predicted molar refractivity (Wildman–Crippen MR) is 84.7 cm³/mol. The summed E-state index contributed by atoms with van der Waals surface area (Å²) in [6.45, 7) is 0.537. The highest BCUT2D eigenvalue weighted by Crippen LogP contribution is 2.30. The Labute approximate surface area is 143 Å². The summed E-state index contributed by atoms with van der Waals surface area (Å²) in [6, 6.07) is 4.50.